The van der Waals surface area contributed by atoms with Crippen LogP contribution < -0.4 is 5.32 Å². The van der Waals surface area contributed by atoms with Crippen molar-refractivity contribution < 1.29 is 9.90 Å². The van der Waals surface area contributed by atoms with Crippen LogP contribution in [0.15, 0.2) is 24.3 Å². The van der Waals surface area contributed by atoms with Gasteiger partial charge < -0.3 is 10.4 Å². The Bertz CT molecular complexity index is 351. The standard InChI is InChI=1S/C13H18ClNO2/c1-2-3-4-9-15-13(17)12(16)10-5-7-11(14)8-6-10/h5-8,12,16H,2-4,9H2,1H3,(H,15,17). The van der Waals surface area contributed by atoms with Crippen molar-refractivity contribution in [3.63, 3.8) is 0 Å². The van der Waals surface area contributed by atoms with E-state index in [0.717, 1.165) is 19.3 Å². The molecule has 3 nitrogen and oxygen atoms in total. The maximum Gasteiger partial charge on any atom is 0.253 e. The third-order valence-corrected chi connectivity index (χ3v) is 2.77. The molecule has 0 saturated carbocycles. The van der Waals surface area contributed by atoms with Crippen molar-refractivity contribution in [1.29, 1.82) is 0 Å². The molecule has 0 spiro atoms. The molecule has 0 fully saturated rings. The average Bonchev–Trinajstić information content (AvgIpc) is 2.34. The smallest absolute Gasteiger partial charge is 0.253 e. The highest BCUT2D eigenvalue weighted by Crippen LogP contribution is 2.16. The lowest BCUT2D eigenvalue weighted by Gasteiger charge is -2.11. The second-order valence-electron chi connectivity index (χ2n) is 3.95. The van der Waals surface area contributed by atoms with Crippen LogP contribution in [0.5, 0.6) is 0 Å². The molecule has 1 aromatic carbocycles. The first kappa shape index (κ1) is 14.0. The molecular formula is C13H18ClNO2. The van der Waals surface area contributed by atoms with E-state index in [0.29, 0.717) is 17.1 Å². The number of unbranched alkanes of at least 4 members (excludes halogenated alkanes) is 2. The number of amides is 1. The number of nitrogens with one attached hydrogen (secondary N) is 1. The molecule has 2 N–H and O–H groups in total. The van der Waals surface area contributed by atoms with E-state index in [2.05, 4.69) is 12.2 Å². The normalized spacial score (nSPS) is 12.2. The van der Waals surface area contributed by atoms with Crippen molar-refractivity contribution in [2.75, 3.05) is 6.54 Å². The monoisotopic (exact) mass is 255 g/mol. The highest BCUT2D eigenvalue weighted by molar-refractivity contribution is 6.30. The number of aliphatic hydroxyl groups is 1. The first-order valence-corrected chi connectivity index (χ1v) is 6.24. The zero-order valence-electron chi connectivity index (χ0n) is 9.95. The van der Waals surface area contributed by atoms with Gasteiger partial charge in [0.05, 0.1) is 0 Å². The lowest BCUT2D eigenvalue weighted by Crippen LogP contribution is -2.30. The van der Waals surface area contributed by atoms with Gasteiger partial charge in [0.1, 0.15) is 0 Å². The molecule has 0 heterocycles. The zero-order valence-corrected chi connectivity index (χ0v) is 10.7. The minimum absolute atomic E-state index is 0.358. The number of halogens is 1. The fraction of sp³-hybridized carbons (Fsp3) is 0.462. The van der Waals surface area contributed by atoms with Crippen LogP contribution in [0, 0.1) is 0 Å². The lowest BCUT2D eigenvalue weighted by atomic mass is 10.1. The van der Waals surface area contributed by atoms with Crippen LogP contribution in [0.25, 0.3) is 0 Å². The van der Waals surface area contributed by atoms with Gasteiger partial charge in [-0.2, -0.15) is 0 Å². The minimum atomic E-state index is -1.12. The van der Waals surface area contributed by atoms with Gasteiger partial charge in [-0.15, -0.1) is 0 Å². The van der Waals surface area contributed by atoms with E-state index in [-0.39, 0.29) is 5.91 Å². The van der Waals surface area contributed by atoms with Gasteiger partial charge in [0.15, 0.2) is 6.10 Å². The number of aliphatic hydroxyl groups excluding tert-OH is 1. The molecule has 0 aliphatic rings. The van der Waals surface area contributed by atoms with Gasteiger partial charge in [-0.3, -0.25) is 4.79 Å². The molecule has 1 rings (SSSR count). The SMILES string of the molecule is CCCCCNC(=O)C(O)c1ccc(Cl)cc1. The predicted molar refractivity (Wildman–Crippen MR) is 68.9 cm³/mol. The first-order valence-electron chi connectivity index (χ1n) is 5.86. The van der Waals surface area contributed by atoms with E-state index >= 15 is 0 Å². The van der Waals surface area contributed by atoms with E-state index in [1.54, 1.807) is 24.3 Å². The predicted octanol–water partition coefficient (Wildman–Crippen LogP) is 2.68. The van der Waals surface area contributed by atoms with Crippen molar-refractivity contribution in [2.45, 2.75) is 32.3 Å². The molecule has 0 aromatic heterocycles. The number of rotatable bonds is 6. The van der Waals surface area contributed by atoms with Crippen LogP contribution in [0.3, 0.4) is 0 Å². The largest absolute Gasteiger partial charge is 0.378 e. The summed E-state index contributed by atoms with van der Waals surface area (Å²) < 4.78 is 0. The fourth-order valence-corrected chi connectivity index (χ4v) is 1.61. The molecule has 0 radical (unpaired) electrons. The molecule has 1 amide bonds. The maximum absolute atomic E-state index is 11.6. The summed E-state index contributed by atoms with van der Waals surface area (Å²) >= 11 is 5.73. The van der Waals surface area contributed by atoms with Crippen molar-refractivity contribution in [2.24, 2.45) is 0 Å². The molecule has 1 aromatic rings. The van der Waals surface area contributed by atoms with Crippen molar-refractivity contribution in [3.8, 4) is 0 Å². The van der Waals surface area contributed by atoms with Crippen molar-refractivity contribution in [1.82, 2.24) is 5.32 Å². The van der Waals surface area contributed by atoms with Crippen LogP contribution in [0.2, 0.25) is 5.02 Å². The first-order chi connectivity index (χ1) is 8.15. The summed E-state index contributed by atoms with van der Waals surface area (Å²) in [4.78, 5) is 11.6. The summed E-state index contributed by atoms with van der Waals surface area (Å²) in [6, 6.07) is 6.62. The summed E-state index contributed by atoms with van der Waals surface area (Å²) in [6.45, 7) is 2.71. The van der Waals surface area contributed by atoms with Gasteiger partial charge in [0.25, 0.3) is 5.91 Å². The van der Waals surface area contributed by atoms with Crippen molar-refractivity contribution in [3.05, 3.63) is 34.9 Å². The second-order valence-corrected chi connectivity index (χ2v) is 4.39. The Hall–Kier alpha value is -1.06. The van der Waals surface area contributed by atoms with E-state index < -0.39 is 6.10 Å². The molecule has 17 heavy (non-hydrogen) atoms. The van der Waals surface area contributed by atoms with E-state index in [1.165, 1.54) is 0 Å². The molecule has 94 valence electrons. The molecule has 0 aliphatic heterocycles. The number of carbonyl (C=O) groups is 1. The molecule has 0 aliphatic carbocycles. The van der Waals surface area contributed by atoms with Gasteiger partial charge in [-0.25, -0.2) is 0 Å². The topological polar surface area (TPSA) is 49.3 Å². The van der Waals surface area contributed by atoms with Gasteiger partial charge in [0, 0.05) is 11.6 Å². The Morgan fingerprint density at radius 3 is 2.59 bits per heavy atom. The minimum Gasteiger partial charge on any atom is -0.378 e. The van der Waals surface area contributed by atoms with Crippen molar-refractivity contribution >= 4 is 17.5 Å². The van der Waals surface area contributed by atoms with Crippen LogP contribution in [-0.2, 0) is 4.79 Å². The second kappa shape index (κ2) is 7.30. The van der Waals surface area contributed by atoms with Gasteiger partial charge in [0.2, 0.25) is 0 Å². The molecule has 1 unspecified atom stereocenters. The third-order valence-electron chi connectivity index (χ3n) is 2.51. The average molecular weight is 256 g/mol. The number of benzene rings is 1. The Kier molecular flexibility index (Phi) is 6.01. The highest BCUT2D eigenvalue weighted by Gasteiger charge is 2.16. The summed E-state index contributed by atoms with van der Waals surface area (Å²) in [5, 5.41) is 13.1. The highest BCUT2D eigenvalue weighted by atomic mass is 35.5. The molecule has 1 atom stereocenters. The van der Waals surface area contributed by atoms with Crippen LogP contribution in [-0.4, -0.2) is 17.6 Å². The number of hydrogen-bond donors (Lipinski definition) is 2. The molecule has 0 saturated heterocycles. The third kappa shape index (κ3) is 4.75. The maximum atomic E-state index is 11.6. The van der Waals surface area contributed by atoms with Gasteiger partial charge >= 0.3 is 0 Å². The molecule has 0 bridgehead atoms. The summed E-state index contributed by atoms with van der Waals surface area (Å²) in [5.41, 5.74) is 0.558. The van der Waals surface area contributed by atoms with E-state index in [1.807, 2.05) is 0 Å². The lowest BCUT2D eigenvalue weighted by molar-refractivity contribution is -0.129. The number of hydrogen-bond acceptors (Lipinski definition) is 2. The quantitative estimate of drug-likeness (QED) is 0.768. The fourth-order valence-electron chi connectivity index (χ4n) is 1.48. The van der Waals surface area contributed by atoms with Gasteiger partial charge in [-0.05, 0) is 24.1 Å². The Labute approximate surface area is 107 Å². The Balaban J connectivity index is 2.43. The number of carbonyl (C=O) groups excluding carboxylic acids is 1. The zero-order chi connectivity index (χ0) is 12.7. The molecule has 4 heteroatoms. The van der Waals surface area contributed by atoms with Crippen LogP contribution in [0.1, 0.15) is 37.9 Å². The van der Waals surface area contributed by atoms with Crippen LogP contribution >= 0.6 is 11.6 Å². The van der Waals surface area contributed by atoms with Crippen LogP contribution in [0.4, 0.5) is 0 Å². The summed E-state index contributed by atoms with van der Waals surface area (Å²) in [6.07, 6.45) is 2.01. The van der Waals surface area contributed by atoms with E-state index in [9.17, 15) is 9.90 Å². The Morgan fingerprint density at radius 1 is 1.35 bits per heavy atom. The van der Waals surface area contributed by atoms with E-state index in [4.69, 9.17) is 11.6 Å². The van der Waals surface area contributed by atoms with Gasteiger partial charge in [-0.1, -0.05) is 43.5 Å². The summed E-state index contributed by atoms with van der Waals surface area (Å²) in [5.74, 6) is -0.358. The Morgan fingerprint density at radius 2 is 2.00 bits per heavy atom. The summed E-state index contributed by atoms with van der Waals surface area (Å²) in [7, 11) is 0. The molecular weight excluding hydrogens is 238 g/mol.